The highest BCUT2D eigenvalue weighted by molar-refractivity contribution is 5.54. The van der Waals surface area contributed by atoms with Crippen molar-refractivity contribution in [3.63, 3.8) is 0 Å². The van der Waals surface area contributed by atoms with Crippen molar-refractivity contribution in [1.29, 1.82) is 0 Å². The van der Waals surface area contributed by atoms with Gasteiger partial charge in [0.2, 0.25) is 6.79 Å². The Morgan fingerprint density at radius 3 is 2.60 bits per heavy atom. The fraction of sp³-hybridized carbons (Fsp3) is 0.600. The van der Waals surface area contributed by atoms with Crippen LogP contribution in [0, 0.1) is 0 Å². The summed E-state index contributed by atoms with van der Waals surface area (Å²) in [6.45, 7) is 2.41. The Kier molecular flexibility index (Phi) is 2.62. The third kappa shape index (κ3) is 1.84. The van der Waals surface area contributed by atoms with E-state index in [-0.39, 0.29) is 18.4 Å². The van der Waals surface area contributed by atoms with Crippen molar-refractivity contribution in [2.75, 3.05) is 26.9 Å². The summed E-state index contributed by atoms with van der Waals surface area (Å²) in [6, 6.07) is 3.93. The van der Waals surface area contributed by atoms with Gasteiger partial charge in [-0.2, -0.15) is 0 Å². The molecule has 1 aromatic rings. The second kappa shape index (κ2) is 4.27. The Morgan fingerprint density at radius 2 is 1.85 bits per heavy atom. The molecule has 0 amide bonds. The van der Waals surface area contributed by atoms with Crippen LogP contribution in [0.1, 0.15) is 30.9 Å². The second-order valence-electron chi connectivity index (χ2n) is 6.14. The molecule has 0 aliphatic carbocycles. The van der Waals surface area contributed by atoms with E-state index in [1.54, 1.807) is 0 Å². The van der Waals surface area contributed by atoms with Gasteiger partial charge in [-0.3, -0.25) is 0 Å². The molecular formula is C15H20N2O3. The van der Waals surface area contributed by atoms with Crippen molar-refractivity contribution in [3.05, 3.63) is 17.7 Å². The van der Waals surface area contributed by atoms with Gasteiger partial charge in [-0.1, -0.05) is 0 Å². The van der Waals surface area contributed by atoms with Crippen LogP contribution in [0.25, 0.3) is 0 Å². The summed E-state index contributed by atoms with van der Waals surface area (Å²) in [5, 5.41) is 0. The number of likely N-dealkylation sites (tertiary alicyclic amines) is 1. The van der Waals surface area contributed by atoms with E-state index >= 15 is 0 Å². The van der Waals surface area contributed by atoms with Crippen LogP contribution in [0.3, 0.4) is 0 Å². The molecule has 0 radical (unpaired) electrons. The third-order valence-electron chi connectivity index (χ3n) is 4.72. The van der Waals surface area contributed by atoms with Gasteiger partial charge in [0.1, 0.15) is 11.4 Å². The normalized spacial score (nSPS) is 27.2. The van der Waals surface area contributed by atoms with Crippen LogP contribution in [-0.4, -0.2) is 37.4 Å². The molecule has 2 N–H and O–H groups in total. The fourth-order valence-electron chi connectivity index (χ4n) is 3.44. The minimum Gasteiger partial charge on any atom is -0.487 e. The predicted molar refractivity (Wildman–Crippen MR) is 74.2 cm³/mol. The number of nitrogens with zero attached hydrogens (tertiary/aromatic N) is 1. The molecule has 3 aliphatic heterocycles. The summed E-state index contributed by atoms with van der Waals surface area (Å²) >= 11 is 0. The number of piperidine rings is 1. The van der Waals surface area contributed by atoms with E-state index in [2.05, 4.69) is 11.9 Å². The van der Waals surface area contributed by atoms with Crippen LogP contribution in [0.15, 0.2) is 12.1 Å². The predicted octanol–water partition coefficient (Wildman–Crippen LogP) is 1.66. The average molecular weight is 276 g/mol. The van der Waals surface area contributed by atoms with Crippen LogP contribution in [0.4, 0.5) is 0 Å². The molecule has 1 spiro atoms. The molecule has 5 nitrogen and oxygen atoms in total. The smallest absolute Gasteiger partial charge is 0.231 e. The molecule has 1 unspecified atom stereocenters. The van der Waals surface area contributed by atoms with E-state index in [1.165, 1.54) is 0 Å². The van der Waals surface area contributed by atoms with Crippen LogP contribution in [0.5, 0.6) is 17.2 Å². The molecule has 0 bridgehead atoms. The zero-order valence-electron chi connectivity index (χ0n) is 11.7. The first-order valence-corrected chi connectivity index (χ1v) is 7.22. The molecule has 0 saturated carbocycles. The lowest BCUT2D eigenvalue weighted by Gasteiger charge is -2.45. The molecule has 1 fully saturated rings. The highest BCUT2D eigenvalue weighted by atomic mass is 16.7. The van der Waals surface area contributed by atoms with Gasteiger partial charge < -0.3 is 24.8 Å². The molecule has 3 aliphatic rings. The van der Waals surface area contributed by atoms with Gasteiger partial charge >= 0.3 is 0 Å². The first-order chi connectivity index (χ1) is 9.65. The van der Waals surface area contributed by atoms with Gasteiger partial charge in [0.05, 0.1) is 0 Å². The Balaban J connectivity index is 1.68. The largest absolute Gasteiger partial charge is 0.487 e. The maximum absolute atomic E-state index is 6.39. The maximum Gasteiger partial charge on any atom is 0.231 e. The number of hydrogen-bond acceptors (Lipinski definition) is 5. The first-order valence-electron chi connectivity index (χ1n) is 7.22. The molecular weight excluding hydrogens is 256 g/mol. The van der Waals surface area contributed by atoms with Crippen molar-refractivity contribution in [2.45, 2.75) is 30.9 Å². The average Bonchev–Trinajstić information content (AvgIpc) is 2.88. The van der Waals surface area contributed by atoms with Crippen LogP contribution in [-0.2, 0) is 0 Å². The van der Waals surface area contributed by atoms with Crippen molar-refractivity contribution in [3.8, 4) is 17.2 Å². The van der Waals surface area contributed by atoms with E-state index in [0.717, 1.165) is 55.2 Å². The quantitative estimate of drug-likeness (QED) is 0.781. The maximum atomic E-state index is 6.39. The summed E-state index contributed by atoms with van der Waals surface area (Å²) in [6.07, 6.45) is 2.95. The first kappa shape index (κ1) is 12.3. The van der Waals surface area contributed by atoms with Crippen LogP contribution >= 0.6 is 0 Å². The highest BCUT2D eigenvalue weighted by Gasteiger charge is 2.42. The Labute approximate surface area is 118 Å². The molecule has 1 saturated heterocycles. The molecule has 5 heteroatoms. The van der Waals surface area contributed by atoms with Crippen molar-refractivity contribution >= 4 is 0 Å². The van der Waals surface area contributed by atoms with Gasteiger partial charge in [0.15, 0.2) is 11.5 Å². The van der Waals surface area contributed by atoms with E-state index in [9.17, 15) is 0 Å². The number of fused-ring (bicyclic) bond motifs is 2. The summed E-state index contributed by atoms with van der Waals surface area (Å²) in [5.74, 6) is 2.42. The highest BCUT2D eigenvalue weighted by Crippen LogP contribution is 2.48. The topological polar surface area (TPSA) is 57.0 Å². The van der Waals surface area contributed by atoms with Gasteiger partial charge in [-0.15, -0.1) is 0 Å². The summed E-state index contributed by atoms with van der Waals surface area (Å²) in [4.78, 5) is 2.34. The van der Waals surface area contributed by atoms with E-state index in [0.29, 0.717) is 0 Å². The summed E-state index contributed by atoms with van der Waals surface area (Å²) < 4.78 is 17.2. The molecule has 108 valence electrons. The fourth-order valence-corrected chi connectivity index (χ4v) is 3.44. The second-order valence-corrected chi connectivity index (χ2v) is 6.14. The lowest BCUT2D eigenvalue weighted by molar-refractivity contribution is -0.0165. The zero-order valence-corrected chi connectivity index (χ0v) is 11.7. The molecule has 3 heterocycles. The lowest BCUT2D eigenvalue weighted by Crippen LogP contribution is -2.50. The van der Waals surface area contributed by atoms with E-state index in [4.69, 9.17) is 19.9 Å². The Hall–Kier alpha value is -1.46. The Bertz CT molecular complexity index is 538. The van der Waals surface area contributed by atoms with E-state index in [1.807, 2.05) is 12.1 Å². The SMILES string of the molecule is CN1CCC2(CC1)CC(N)c1cc3c(cc1O2)OCO3. The van der Waals surface area contributed by atoms with Crippen LogP contribution < -0.4 is 19.9 Å². The zero-order chi connectivity index (χ0) is 13.7. The standard InChI is InChI=1S/C15H20N2O3/c1-17-4-2-15(3-5-17)8-11(16)10-6-13-14(19-9-18-13)7-12(10)20-15/h6-7,11H,2-5,8-9,16H2,1H3. The van der Waals surface area contributed by atoms with Gasteiger partial charge in [-0.05, 0) is 26.0 Å². The Morgan fingerprint density at radius 1 is 1.15 bits per heavy atom. The molecule has 0 aromatic heterocycles. The summed E-state index contributed by atoms with van der Waals surface area (Å²) in [7, 11) is 2.15. The number of hydrogen-bond donors (Lipinski definition) is 1. The molecule has 1 atom stereocenters. The van der Waals surface area contributed by atoms with Crippen molar-refractivity contribution in [2.24, 2.45) is 5.73 Å². The number of benzene rings is 1. The molecule has 20 heavy (non-hydrogen) atoms. The van der Waals surface area contributed by atoms with Gasteiger partial charge in [0.25, 0.3) is 0 Å². The number of ether oxygens (including phenoxy) is 3. The van der Waals surface area contributed by atoms with Crippen molar-refractivity contribution in [1.82, 2.24) is 4.90 Å². The molecule has 1 aromatic carbocycles. The number of rotatable bonds is 0. The number of nitrogens with two attached hydrogens (primary N) is 1. The van der Waals surface area contributed by atoms with Crippen LogP contribution in [0.2, 0.25) is 0 Å². The monoisotopic (exact) mass is 276 g/mol. The lowest BCUT2D eigenvalue weighted by atomic mass is 9.81. The minimum atomic E-state index is -0.105. The summed E-state index contributed by atoms with van der Waals surface area (Å²) in [5.41, 5.74) is 7.33. The minimum absolute atomic E-state index is 0.0108. The van der Waals surface area contributed by atoms with Crippen molar-refractivity contribution < 1.29 is 14.2 Å². The van der Waals surface area contributed by atoms with Gasteiger partial charge in [0, 0.05) is 37.2 Å². The van der Waals surface area contributed by atoms with E-state index < -0.39 is 0 Å². The van der Waals surface area contributed by atoms with Gasteiger partial charge in [-0.25, -0.2) is 0 Å². The third-order valence-corrected chi connectivity index (χ3v) is 4.72. The molecule has 4 rings (SSSR count).